The monoisotopic (exact) mass is 508 g/mol. The molecule has 35 heavy (non-hydrogen) atoms. The minimum absolute atomic E-state index is 0.239. The van der Waals surface area contributed by atoms with E-state index in [1.807, 2.05) is 91.4 Å². The van der Waals surface area contributed by atoms with E-state index in [2.05, 4.69) is 20.6 Å². The molecule has 1 unspecified atom stereocenters. The second kappa shape index (κ2) is 12.5. The number of thiazole rings is 1. The summed E-state index contributed by atoms with van der Waals surface area (Å²) in [7, 11) is 3.83. The maximum atomic E-state index is 9.97. The molecule has 10 heteroatoms. The number of nitrogens with one attached hydrogen (secondary N) is 2. The molecule has 2 aromatic heterocycles. The Morgan fingerprint density at radius 1 is 1.03 bits per heavy atom. The molecule has 4 rings (SSSR count). The Kier molecular flexibility index (Phi) is 8.90. The van der Waals surface area contributed by atoms with Crippen molar-refractivity contribution in [3.8, 4) is 5.75 Å². The number of hydrogen-bond acceptors (Lipinski definition) is 10. The van der Waals surface area contributed by atoms with Crippen LogP contribution in [0, 0.1) is 0 Å². The Labute approximate surface area is 213 Å². The zero-order valence-electron chi connectivity index (χ0n) is 19.6. The Balaban J connectivity index is 1.43. The number of thioether (sulfide) groups is 1. The van der Waals surface area contributed by atoms with E-state index in [4.69, 9.17) is 9.72 Å². The standard InChI is InChI=1S/C25H28N6O2S2/c1-31(2)15-21(32)16-33-22-10-8-20(9-11-22)29-24-27-14-18(17-35-25-26-12-13-34-25)23(30-24)28-19-6-4-3-5-7-19/h3-14,21,32H,15-17H2,1-2H3,(H2,27,28,29,30). The Bertz CT molecular complexity index is 1170. The molecule has 3 N–H and O–H groups in total. The lowest BCUT2D eigenvalue weighted by atomic mass is 10.3. The maximum absolute atomic E-state index is 9.97. The molecule has 0 fully saturated rings. The van der Waals surface area contributed by atoms with Crippen LogP contribution in [0.3, 0.4) is 0 Å². The molecule has 2 aromatic carbocycles. The molecular weight excluding hydrogens is 480 g/mol. The number of benzene rings is 2. The highest BCUT2D eigenvalue weighted by atomic mass is 32.2. The highest BCUT2D eigenvalue weighted by molar-refractivity contribution is 8.00. The van der Waals surface area contributed by atoms with E-state index in [1.165, 1.54) is 0 Å². The van der Waals surface area contributed by atoms with Gasteiger partial charge in [0, 0.05) is 47.0 Å². The summed E-state index contributed by atoms with van der Waals surface area (Å²) in [5.74, 6) is 2.62. The van der Waals surface area contributed by atoms with Gasteiger partial charge in [-0.25, -0.2) is 9.97 Å². The third-order valence-corrected chi connectivity index (χ3v) is 6.81. The lowest BCUT2D eigenvalue weighted by Gasteiger charge is -2.16. The third-order valence-electron chi connectivity index (χ3n) is 4.79. The number of aliphatic hydroxyl groups is 1. The second-order valence-corrected chi connectivity index (χ2v) is 10.1. The van der Waals surface area contributed by atoms with Crippen LogP contribution >= 0.6 is 23.1 Å². The van der Waals surface area contributed by atoms with Gasteiger partial charge < -0.3 is 25.4 Å². The first kappa shape index (κ1) is 24.9. The Morgan fingerprint density at radius 3 is 2.51 bits per heavy atom. The van der Waals surface area contributed by atoms with Crippen LogP contribution in [0.4, 0.5) is 23.1 Å². The lowest BCUT2D eigenvalue weighted by Crippen LogP contribution is -2.30. The largest absolute Gasteiger partial charge is 0.491 e. The Morgan fingerprint density at radius 2 is 1.80 bits per heavy atom. The van der Waals surface area contributed by atoms with Gasteiger partial charge in [-0.05, 0) is 50.5 Å². The van der Waals surface area contributed by atoms with Crippen LogP contribution < -0.4 is 15.4 Å². The molecule has 0 amide bonds. The van der Waals surface area contributed by atoms with Crippen molar-refractivity contribution in [1.82, 2.24) is 19.9 Å². The molecule has 182 valence electrons. The molecule has 0 aliphatic carbocycles. The summed E-state index contributed by atoms with van der Waals surface area (Å²) in [6, 6.07) is 17.4. The van der Waals surface area contributed by atoms with Crippen LogP contribution in [0.2, 0.25) is 0 Å². The summed E-state index contributed by atoms with van der Waals surface area (Å²) in [5.41, 5.74) is 2.77. The first-order valence-corrected chi connectivity index (χ1v) is 12.9. The smallest absolute Gasteiger partial charge is 0.229 e. The number of hydrogen-bond donors (Lipinski definition) is 3. The van der Waals surface area contributed by atoms with Gasteiger partial charge in [0.25, 0.3) is 0 Å². The highest BCUT2D eigenvalue weighted by Gasteiger charge is 2.11. The predicted octanol–water partition coefficient (Wildman–Crippen LogP) is 5.01. The van der Waals surface area contributed by atoms with Crippen molar-refractivity contribution in [3.05, 3.63) is 77.9 Å². The minimum Gasteiger partial charge on any atom is -0.491 e. The number of nitrogens with zero attached hydrogens (tertiary/aromatic N) is 4. The van der Waals surface area contributed by atoms with Crippen LogP contribution in [0.15, 0.2) is 76.7 Å². The van der Waals surface area contributed by atoms with Crippen molar-refractivity contribution in [2.75, 3.05) is 37.9 Å². The van der Waals surface area contributed by atoms with Gasteiger partial charge in [0.2, 0.25) is 5.95 Å². The van der Waals surface area contributed by atoms with Crippen LogP contribution in [-0.4, -0.2) is 58.3 Å². The van der Waals surface area contributed by atoms with Gasteiger partial charge in [-0.2, -0.15) is 4.98 Å². The molecule has 0 saturated carbocycles. The molecule has 2 heterocycles. The minimum atomic E-state index is -0.543. The van der Waals surface area contributed by atoms with Crippen LogP contribution in [-0.2, 0) is 5.75 Å². The molecule has 0 radical (unpaired) electrons. The van der Waals surface area contributed by atoms with E-state index in [1.54, 1.807) is 23.1 Å². The fourth-order valence-electron chi connectivity index (χ4n) is 3.19. The summed E-state index contributed by atoms with van der Waals surface area (Å²) in [5, 5.41) is 18.6. The van der Waals surface area contributed by atoms with Crippen molar-refractivity contribution in [2.45, 2.75) is 16.2 Å². The van der Waals surface area contributed by atoms with E-state index >= 15 is 0 Å². The van der Waals surface area contributed by atoms with Crippen molar-refractivity contribution in [3.63, 3.8) is 0 Å². The second-order valence-electron chi connectivity index (χ2n) is 8.02. The molecule has 0 aliphatic rings. The summed E-state index contributed by atoms with van der Waals surface area (Å²) >= 11 is 3.28. The van der Waals surface area contributed by atoms with E-state index in [0.717, 1.165) is 27.1 Å². The van der Waals surface area contributed by atoms with Crippen molar-refractivity contribution in [1.29, 1.82) is 0 Å². The average molecular weight is 509 g/mol. The number of anilines is 4. The van der Waals surface area contributed by atoms with E-state index < -0.39 is 6.10 Å². The quantitative estimate of drug-likeness (QED) is 0.228. The van der Waals surface area contributed by atoms with E-state index in [9.17, 15) is 5.11 Å². The number of rotatable bonds is 12. The van der Waals surface area contributed by atoms with Crippen molar-refractivity contribution >= 4 is 46.2 Å². The molecular formula is C25H28N6O2S2. The van der Waals surface area contributed by atoms with Gasteiger partial charge in [0.05, 0.1) is 0 Å². The zero-order chi connectivity index (χ0) is 24.5. The number of likely N-dealkylation sites (N-methyl/N-ethyl adjacent to an activating group) is 1. The molecule has 8 nitrogen and oxygen atoms in total. The van der Waals surface area contributed by atoms with Gasteiger partial charge in [-0.1, -0.05) is 30.0 Å². The van der Waals surface area contributed by atoms with Gasteiger partial charge in [-0.15, -0.1) is 11.3 Å². The fraction of sp³-hybridized carbons (Fsp3) is 0.240. The number of para-hydroxylation sites is 1. The summed E-state index contributed by atoms with van der Waals surface area (Å²) in [4.78, 5) is 15.5. The van der Waals surface area contributed by atoms with Gasteiger partial charge >= 0.3 is 0 Å². The lowest BCUT2D eigenvalue weighted by molar-refractivity contribution is 0.0831. The maximum Gasteiger partial charge on any atom is 0.229 e. The van der Waals surface area contributed by atoms with Gasteiger partial charge in [0.1, 0.15) is 28.6 Å². The Hall–Kier alpha value is -3.18. The first-order valence-electron chi connectivity index (χ1n) is 11.1. The molecule has 1 atom stereocenters. The van der Waals surface area contributed by atoms with Crippen molar-refractivity contribution < 1.29 is 9.84 Å². The number of aromatic nitrogens is 3. The van der Waals surface area contributed by atoms with Crippen LogP contribution in [0.1, 0.15) is 5.56 Å². The van der Waals surface area contributed by atoms with Crippen LogP contribution in [0.25, 0.3) is 0 Å². The van der Waals surface area contributed by atoms with Gasteiger partial charge in [0.15, 0.2) is 0 Å². The summed E-state index contributed by atoms with van der Waals surface area (Å²) in [6.07, 6.45) is 3.10. The summed E-state index contributed by atoms with van der Waals surface area (Å²) in [6.45, 7) is 0.789. The van der Waals surface area contributed by atoms with E-state index in [-0.39, 0.29) is 6.61 Å². The zero-order valence-corrected chi connectivity index (χ0v) is 21.2. The topological polar surface area (TPSA) is 95.4 Å². The number of aliphatic hydroxyl groups excluding tert-OH is 1. The third kappa shape index (κ3) is 7.93. The molecule has 4 aromatic rings. The summed E-state index contributed by atoms with van der Waals surface area (Å²) < 4.78 is 6.69. The first-order chi connectivity index (χ1) is 17.0. The molecule has 0 aliphatic heterocycles. The highest BCUT2D eigenvalue weighted by Crippen LogP contribution is 2.29. The number of ether oxygens (including phenoxy) is 1. The van der Waals surface area contributed by atoms with E-state index in [0.29, 0.717) is 24.0 Å². The normalized spacial score (nSPS) is 11.9. The fourth-order valence-corrected chi connectivity index (χ4v) is 4.79. The van der Waals surface area contributed by atoms with Crippen LogP contribution in [0.5, 0.6) is 5.75 Å². The molecule has 0 bridgehead atoms. The van der Waals surface area contributed by atoms with Gasteiger partial charge in [-0.3, -0.25) is 0 Å². The SMILES string of the molecule is CN(C)CC(O)COc1ccc(Nc2ncc(CSc3nccs3)c(Nc3ccccc3)n2)cc1. The van der Waals surface area contributed by atoms with Crippen molar-refractivity contribution in [2.24, 2.45) is 0 Å². The molecule has 0 spiro atoms. The molecule has 0 saturated heterocycles. The predicted molar refractivity (Wildman–Crippen MR) is 143 cm³/mol. The average Bonchev–Trinajstić information content (AvgIpc) is 3.37.